The van der Waals surface area contributed by atoms with Crippen LogP contribution in [0.3, 0.4) is 0 Å². The molecular weight excluding hydrogens is 470 g/mol. The third kappa shape index (κ3) is 4.52. The molecule has 0 aliphatic carbocycles. The van der Waals surface area contributed by atoms with Gasteiger partial charge >= 0.3 is 0 Å². The zero-order valence-corrected chi connectivity index (χ0v) is 21.0. The van der Waals surface area contributed by atoms with Crippen molar-refractivity contribution in [1.82, 2.24) is 19.2 Å². The highest BCUT2D eigenvalue weighted by atomic mass is 32.2. The van der Waals surface area contributed by atoms with Crippen molar-refractivity contribution >= 4 is 40.0 Å². The first-order chi connectivity index (χ1) is 17.6. The Labute approximate surface area is 213 Å². The lowest BCUT2D eigenvalue weighted by atomic mass is 10.0. The number of rotatable bonds is 8. The fourth-order valence-corrected chi connectivity index (χ4v) is 5.09. The van der Waals surface area contributed by atoms with Crippen molar-refractivity contribution < 1.29 is 4.79 Å². The van der Waals surface area contributed by atoms with E-state index in [1.807, 2.05) is 90.2 Å². The monoisotopic (exact) mass is 497 g/mol. The Bertz CT molecular complexity index is 1590. The first-order valence-electron chi connectivity index (χ1n) is 12.1. The third-order valence-electron chi connectivity index (χ3n) is 6.13. The maximum Gasteiger partial charge on any atom is 0.262 e. The van der Waals surface area contributed by atoms with Crippen LogP contribution in [0.15, 0.2) is 88.8 Å². The first-order valence-corrected chi connectivity index (χ1v) is 12.9. The smallest absolute Gasteiger partial charge is 0.262 e. The summed E-state index contributed by atoms with van der Waals surface area (Å²) in [5.74, 6) is 0.362. The number of aromatic nitrogens is 4. The number of amides is 1. The van der Waals surface area contributed by atoms with E-state index in [1.165, 1.54) is 11.8 Å². The summed E-state index contributed by atoms with van der Waals surface area (Å²) in [6.07, 6.45) is 1.83. The van der Waals surface area contributed by atoms with E-state index in [0.29, 0.717) is 22.9 Å². The van der Waals surface area contributed by atoms with Gasteiger partial charge in [0.15, 0.2) is 5.16 Å². The van der Waals surface area contributed by atoms with Crippen LogP contribution in [0.1, 0.15) is 26.7 Å². The molecule has 1 N–H and O–H groups in total. The molecule has 5 rings (SSSR count). The number of hydrogen-bond donors (Lipinski definition) is 1. The van der Waals surface area contributed by atoms with Crippen molar-refractivity contribution in [2.45, 2.75) is 43.6 Å². The predicted molar refractivity (Wildman–Crippen MR) is 145 cm³/mol. The molecule has 1 atom stereocenters. The maximum absolute atomic E-state index is 13.2. The molecule has 1 unspecified atom stereocenters. The molecule has 0 aliphatic heterocycles. The summed E-state index contributed by atoms with van der Waals surface area (Å²) in [6.45, 7) is 4.50. The Balaban J connectivity index is 1.46. The molecule has 0 spiro atoms. The standard InChI is InChI=1S/C28H27N5O2S/c1-3-4-18-32-26(35)22-15-9-11-17-24(22)33-27(32)30-31-28(33)36-19(2)25(34)29-23-16-10-8-14-21(23)20-12-6-5-7-13-20/h5-17,19H,3-4,18H2,1-2H3,(H,29,34). The Morgan fingerprint density at radius 3 is 2.50 bits per heavy atom. The van der Waals surface area contributed by atoms with Gasteiger partial charge < -0.3 is 5.32 Å². The summed E-state index contributed by atoms with van der Waals surface area (Å²) >= 11 is 1.32. The van der Waals surface area contributed by atoms with E-state index < -0.39 is 5.25 Å². The van der Waals surface area contributed by atoms with Crippen LogP contribution in [0, 0.1) is 0 Å². The molecule has 1 amide bonds. The summed E-state index contributed by atoms with van der Waals surface area (Å²) in [5.41, 5.74) is 3.42. The van der Waals surface area contributed by atoms with E-state index in [-0.39, 0.29) is 11.5 Å². The number of fused-ring (bicyclic) bond motifs is 3. The molecule has 0 fully saturated rings. The van der Waals surface area contributed by atoms with Gasteiger partial charge in [0.05, 0.1) is 16.2 Å². The number of anilines is 1. The zero-order valence-electron chi connectivity index (χ0n) is 20.2. The van der Waals surface area contributed by atoms with Crippen LogP contribution in [0.4, 0.5) is 5.69 Å². The predicted octanol–water partition coefficient (Wildman–Crippen LogP) is 5.63. The van der Waals surface area contributed by atoms with E-state index >= 15 is 0 Å². The molecule has 2 heterocycles. The van der Waals surface area contributed by atoms with Crippen LogP contribution < -0.4 is 10.9 Å². The topological polar surface area (TPSA) is 81.3 Å². The largest absolute Gasteiger partial charge is 0.325 e. The number of benzene rings is 3. The average Bonchev–Trinajstić information content (AvgIpc) is 3.33. The lowest BCUT2D eigenvalue weighted by molar-refractivity contribution is -0.115. The van der Waals surface area contributed by atoms with Gasteiger partial charge in [0.1, 0.15) is 0 Å². The van der Waals surface area contributed by atoms with Crippen molar-refractivity contribution in [3.05, 3.63) is 89.2 Å². The van der Waals surface area contributed by atoms with Crippen molar-refractivity contribution in [3.63, 3.8) is 0 Å². The van der Waals surface area contributed by atoms with Crippen molar-refractivity contribution in [2.75, 3.05) is 5.32 Å². The molecule has 3 aromatic carbocycles. The molecule has 0 saturated carbocycles. The highest BCUT2D eigenvalue weighted by molar-refractivity contribution is 8.00. The molecule has 5 aromatic rings. The Morgan fingerprint density at radius 1 is 0.972 bits per heavy atom. The number of unbranched alkanes of at least 4 members (excludes halogenated alkanes) is 1. The normalized spacial score (nSPS) is 12.2. The molecule has 2 aromatic heterocycles. The Morgan fingerprint density at radius 2 is 1.69 bits per heavy atom. The van der Waals surface area contributed by atoms with Crippen LogP contribution in [0.5, 0.6) is 0 Å². The second-order valence-corrected chi connectivity index (χ2v) is 9.91. The molecule has 8 heteroatoms. The van der Waals surface area contributed by atoms with Gasteiger partial charge in [0.2, 0.25) is 11.7 Å². The fourth-order valence-electron chi connectivity index (χ4n) is 4.24. The van der Waals surface area contributed by atoms with Crippen LogP contribution in [0.2, 0.25) is 0 Å². The minimum Gasteiger partial charge on any atom is -0.325 e. The van der Waals surface area contributed by atoms with E-state index in [1.54, 1.807) is 4.57 Å². The van der Waals surface area contributed by atoms with Gasteiger partial charge in [-0.3, -0.25) is 18.6 Å². The van der Waals surface area contributed by atoms with Gasteiger partial charge in [0, 0.05) is 17.8 Å². The van der Waals surface area contributed by atoms with Crippen LogP contribution in [0.25, 0.3) is 27.8 Å². The molecule has 0 radical (unpaired) electrons. The second kappa shape index (κ2) is 10.4. The Hall–Kier alpha value is -3.91. The number of aryl methyl sites for hydroxylation is 1. The number of hydrogen-bond acceptors (Lipinski definition) is 5. The van der Waals surface area contributed by atoms with Crippen molar-refractivity contribution in [1.29, 1.82) is 0 Å². The quantitative estimate of drug-likeness (QED) is 0.281. The molecule has 0 aliphatic rings. The number of carbonyl (C=O) groups excluding carboxylic acids is 1. The molecule has 0 bridgehead atoms. The van der Waals surface area contributed by atoms with Crippen LogP contribution in [-0.4, -0.2) is 30.3 Å². The molecule has 182 valence electrons. The summed E-state index contributed by atoms with van der Waals surface area (Å²) in [5, 5.41) is 12.6. The number of para-hydroxylation sites is 2. The lowest BCUT2D eigenvalue weighted by Gasteiger charge is -2.15. The van der Waals surface area contributed by atoms with E-state index in [4.69, 9.17) is 0 Å². The highest BCUT2D eigenvalue weighted by Crippen LogP contribution is 2.30. The molecule has 0 saturated heterocycles. The van der Waals surface area contributed by atoms with E-state index in [2.05, 4.69) is 22.4 Å². The van der Waals surface area contributed by atoms with Gasteiger partial charge in [-0.25, -0.2) is 0 Å². The number of carbonyl (C=O) groups is 1. The summed E-state index contributed by atoms with van der Waals surface area (Å²) in [4.78, 5) is 26.4. The summed E-state index contributed by atoms with van der Waals surface area (Å²) < 4.78 is 3.57. The average molecular weight is 498 g/mol. The molecular formula is C28H27N5O2S. The number of thioether (sulfide) groups is 1. The van der Waals surface area contributed by atoms with Crippen molar-refractivity contribution in [2.24, 2.45) is 0 Å². The minimum atomic E-state index is -0.448. The van der Waals surface area contributed by atoms with E-state index in [9.17, 15) is 9.59 Å². The van der Waals surface area contributed by atoms with Gasteiger partial charge in [-0.1, -0.05) is 85.8 Å². The van der Waals surface area contributed by atoms with Gasteiger partial charge in [-0.15, -0.1) is 10.2 Å². The van der Waals surface area contributed by atoms with Gasteiger partial charge in [-0.2, -0.15) is 0 Å². The Kier molecular flexibility index (Phi) is 6.86. The van der Waals surface area contributed by atoms with Crippen LogP contribution in [-0.2, 0) is 11.3 Å². The highest BCUT2D eigenvalue weighted by Gasteiger charge is 2.22. The number of nitrogens with zero attached hydrogens (tertiary/aromatic N) is 4. The lowest BCUT2D eigenvalue weighted by Crippen LogP contribution is -2.24. The molecule has 7 nitrogen and oxygen atoms in total. The van der Waals surface area contributed by atoms with Crippen LogP contribution >= 0.6 is 11.8 Å². The maximum atomic E-state index is 13.2. The first kappa shape index (κ1) is 23.8. The van der Waals surface area contributed by atoms with Gasteiger partial charge in [0.25, 0.3) is 5.56 Å². The summed E-state index contributed by atoms with van der Waals surface area (Å²) in [7, 11) is 0. The zero-order chi connectivity index (χ0) is 25.1. The summed E-state index contributed by atoms with van der Waals surface area (Å²) in [6, 6.07) is 25.2. The molecule has 36 heavy (non-hydrogen) atoms. The van der Waals surface area contributed by atoms with Crippen molar-refractivity contribution in [3.8, 4) is 11.1 Å². The number of nitrogens with one attached hydrogen (secondary N) is 1. The minimum absolute atomic E-state index is 0.0705. The van der Waals surface area contributed by atoms with E-state index in [0.717, 1.165) is 35.2 Å². The SMILES string of the molecule is CCCCn1c(=O)c2ccccc2n2c(SC(C)C(=O)Nc3ccccc3-c3ccccc3)nnc12. The fraction of sp³-hybridized carbons (Fsp3) is 0.214. The van der Waals surface area contributed by atoms with Gasteiger partial charge in [-0.05, 0) is 37.1 Å². The second-order valence-electron chi connectivity index (χ2n) is 8.61. The third-order valence-corrected chi connectivity index (χ3v) is 7.18.